The molecule has 1 aliphatic heterocycles. The predicted octanol–water partition coefficient (Wildman–Crippen LogP) is 2.82. The van der Waals surface area contributed by atoms with Crippen LogP contribution in [-0.2, 0) is 14.3 Å². The molecule has 1 aromatic carbocycles. The highest BCUT2D eigenvalue weighted by molar-refractivity contribution is 7.99. The van der Waals surface area contributed by atoms with Gasteiger partial charge in [-0.3, -0.25) is 14.9 Å². The second kappa shape index (κ2) is 8.63. The number of thioether (sulfide) groups is 1. The zero-order valence-corrected chi connectivity index (χ0v) is 14.2. The van der Waals surface area contributed by atoms with E-state index in [2.05, 4.69) is 0 Å². The fourth-order valence-electron chi connectivity index (χ4n) is 2.77. The first-order valence-electron chi connectivity index (χ1n) is 7.72. The minimum absolute atomic E-state index is 0.000730. The number of ether oxygens (including phenoxy) is 1. The van der Waals surface area contributed by atoms with E-state index in [1.807, 2.05) is 0 Å². The number of allylic oxidation sites excluding steroid dienone is 1. The zero-order valence-electron chi connectivity index (χ0n) is 13.3. The van der Waals surface area contributed by atoms with Crippen molar-refractivity contribution in [2.45, 2.75) is 19.3 Å². The molecule has 0 saturated carbocycles. The molecule has 1 fully saturated rings. The van der Waals surface area contributed by atoms with Crippen molar-refractivity contribution >= 4 is 23.5 Å². The van der Waals surface area contributed by atoms with E-state index in [0.717, 1.165) is 11.8 Å². The number of nitro groups is 1. The molecule has 2 atom stereocenters. The molecule has 2 rings (SSSR count). The number of esters is 1. The lowest BCUT2D eigenvalue weighted by molar-refractivity contribution is -0.431. The van der Waals surface area contributed by atoms with Crippen molar-refractivity contribution in [3.05, 3.63) is 57.8 Å². The first kappa shape index (κ1) is 18.2. The lowest BCUT2D eigenvalue weighted by Crippen LogP contribution is -2.31. The molecule has 0 radical (unpaired) electrons. The van der Waals surface area contributed by atoms with Gasteiger partial charge in [-0.25, -0.2) is 4.79 Å². The minimum Gasteiger partial charge on any atom is -0.463 e. The second-order valence-corrected chi connectivity index (χ2v) is 6.51. The zero-order chi connectivity index (χ0) is 17.5. The Labute approximate surface area is 144 Å². The Morgan fingerprint density at radius 3 is 2.75 bits per heavy atom. The molecule has 1 aromatic rings. The van der Waals surface area contributed by atoms with E-state index in [4.69, 9.17) is 4.74 Å². The lowest BCUT2D eigenvalue weighted by Gasteiger charge is -2.27. The Hall–Kier alpha value is -2.15. The Bertz CT molecular complexity index is 644. The molecule has 0 amide bonds. The number of Topliss-reactive ketones (excluding diaryl/α,β-unsaturated/α-hetero) is 1. The summed E-state index contributed by atoms with van der Waals surface area (Å²) in [6.07, 6.45) is 1.30. The van der Waals surface area contributed by atoms with Crippen molar-refractivity contribution in [2.75, 3.05) is 18.1 Å². The van der Waals surface area contributed by atoms with Crippen molar-refractivity contribution in [3.63, 3.8) is 0 Å². The number of ketones is 1. The van der Waals surface area contributed by atoms with E-state index < -0.39 is 22.7 Å². The van der Waals surface area contributed by atoms with Crippen molar-refractivity contribution in [2.24, 2.45) is 5.92 Å². The first-order valence-corrected chi connectivity index (χ1v) is 8.88. The standard InChI is InChI=1S/C17H19NO5S/c1-2-23-16(20)10-14(18(21)22)17(12-6-4-3-5-7-12)13-11-24-9-8-15(13)19/h3-7,10,13,17H,2,8-9,11H2,1H3/b14-10-/t13-,17+/m1/s1. The van der Waals surface area contributed by atoms with E-state index in [-0.39, 0.29) is 18.1 Å². The molecule has 0 N–H and O–H groups in total. The summed E-state index contributed by atoms with van der Waals surface area (Å²) in [6, 6.07) is 8.84. The van der Waals surface area contributed by atoms with Crippen LogP contribution in [0.4, 0.5) is 0 Å². The number of hydrogen-bond acceptors (Lipinski definition) is 6. The number of benzene rings is 1. The normalized spacial score (nSPS) is 19.6. The maximum absolute atomic E-state index is 12.4. The number of hydrogen-bond donors (Lipinski definition) is 0. The van der Waals surface area contributed by atoms with Gasteiger partial charge in [0.15, 0.2) is 0 Å². The Morgan fingerprint density at radius 2 is 2.17 bits per heavy atom. The van der Waals surface area contributed by atoms with Crippen LogP contribution in [0.3, 0.4) is 0 Å². The monoisotopic (exact) mass is 349 g/mol. The van der Waals surface area contributed by atoms with Gasteiger partial charge in [-0.1, -0.05) is 30.3 Å². The number of rotatable bonds is 6. The highest BCUT2D eigenvalue weighted by Crippen LogP contribution is 2.38. The van der Waals surface area contributed by atoms with E-state index in [0.29, 0.717) is 17.7 Å². The fourth-order valence-corrected chi connectivity index (χ4v) is 3.92. The van der Waals surface area contributed by atoms with E-state index in [1.165, 1.54) is 0 Å². The summed E-state index contributed by atoms with van der Waals surface area (Å²) >= 11 is 1.60. The third-order valence-electron chi connectivity index (χ3n) is 3.85. The van der Waals surface area contributed by atoms with E-state index >= 15 is 0 Å². The van der Waals surface area contributed by atoms with Gasteiger partial charge >= 0.3 is 5.97 Å². The summed E-state index contributed by atoms with van der Waals surface area (Å²) < 4.78 is 4.81. The van der Waals surface area contributed by atoms with Crippen LogP contribution in [0, 0.1) is 16.0 Å². The number of carbonyl (C=O) groups is 2. The molecule has 1 saturated heterocycles. The van der Waals surface area contributed by atoms with Gasteiger partial charge in [-0.05, 0) is 12.5 Å². The molecule has 1 aliphatic rings. The lowest BCUT2D eigenvalue weighted by atomic mass is 9.81. The van der Waals surface area contributed by atoms with Crippen molar-refractivity contribution in [1.29, 1.82) is 0 Å². The summed E-state index contributed by atoms with van der Waals surface area (Å²) in [4.78, 5) is 35.2. The van der Waals surface area contributed by atoms with Crippen LogP contribution in [0.5, 0.6) is 0 Å². The first-order chi connectivity index (χ1) is 11.5. The maximum Gasteiger partial charge on any atom is 0.337 e. The van der Waals surface area contributed by atoms with Crippen LogP contribution in [0.1, 0.15) is 24.8 Å². The molecule has 128 valence electrons. The topological polar surface area (TPSA) is 86.5 Å². The number of carbonyl (C=O) groups excluding carboxylic acids is 2. The smallest absolute Gasteiger partial charge is 0.337 e. The van der Waals surface area contributed by atoms with Crippen LogP contribution >= 0.6 is 11.8 Å². The maximum atomic E-state index is 12.4. The molecule has 1 heterocycles. The van der Waals surface area contributed by atoms with Gasteiger partial charge in [0.1, 0.15) is 5.78 Å². The van der Waals surface area contributed by atoms with Crippen molar-refractivity contribution in [1.82, 2.24) is 0 Å². The van der Waals surface area contributed by atoms with Crippen LogP contribution in [0.2, 0.25) is 0 Å². The summed E-state index contributed by atoms with van der Waals surface area (Å²) in [5.41, 5.74) is 0.367. The van der Waals surface area contributed by atoms with Gasteiger partial charge in [-0.2, -0.15) is 11.8 Å². The second-order valence-electron chi connectivity index (χ2n) is 5.36. The molecule has 0 unspecified atom stereocenters. The molecular weight excluding hydrogens is 330 g/mol. The summed E-state index contributed by atoms with van der Waals surface area (Å²) in [7, 11) is 0. The van der Waals surface area contributed by atoms with Gasteiger partial charge < -0.3 is 4.74 Å². The van der Waals surface area contributed by atoms with Gasteiger partial charge in [-0.15, -0.1) is 0 Å². The molecule has 7 heteroatoms. The van der Waals surface area contributed by atoms with Crippen molar-refractivity contribution < 1.29 is 19.2 Å². The molecule has 0 aromatic heterocycles. The third kappa shape index (κ3) is 4.44. The quantitative estimate of drug-likeness (QED) is 0.340. The third-order valence-corrected chi connectivity index (χ3v) is 4.93. The molecule has 0 bridgehead atoms. The Kier molecular flexibility index (Phi) is 6.54. The number of nitrogens with zero attached hydrogens (tertiary/aromatic N) is 1. The highest BCUT2D eigenvalue weighted by atomic mass is 32.2. The molecule has 6 nitrogen and oxygen atoms in total. The predicted molar refractivity (Wildman–Crippen MR) is 91.3 cm³/mol. The van der Waals surface area contributed by atoms with Crippen molar-refractivity contribution in [3.8, 4) is 0 Å². The average Bonchev–Trinajstić information content (AvgIpc) is 2.57. The summed E-state index contributed by atoms with van der Waals surface area (Å²) in [6.45, 7) is 1.77. The van der Waals surface area contributed by atoms with Gasteiger partial charge in [0.2, 0.25) is 0 Å². The van der Waals surface area contributed by atoms with Crippen LogP contribution in [-0.4, -0.2) is 34.8 Å². The fraction of sp³-hybridized carbons (Fsp3) is 0.412. The van der Waals surface area contributed by atoms with Crippen LogP contribution in [0.15, 0.2) is 42.1 Å². The minimum atomic E-state index is -0.763. The van der Waals surface area contributed by atoms with Gasteiger partial charge in [0, 0.05) is 23.8 Å². The molecular formula is C17H19NO5S. The highest BCUT2D eigenvalue weighted by Gasteiger charge is 2.40. The Morgan fingerprint density at radius 1 is 1.46 bits per heavy atom. The largest absolute Gasteiger partial charge is 0.463 e. The average molecular weight is 349 g/mol. The summed E-state index contributed by atoms with van der Waals surface area (Å²) in [5, 5.41) is 11.6. The van der Waals surface area contributed by atoms with E-state index in [9.17, 15) is 19.7 Å². The SMILES string of the molecule is CCOC(=O)/C=C(/[C@@H](c1ccccc1)[C@@H]1CSCCC1=O)[N+](=O)[O-]. The van der Waals surface area contributed by atoms with Crippen LogP contribution in [0.25, 0.3) is 0 Å². The molecule has 0 spiro atoms. The molecule has 24 heavy (non-hydrogen) atoms. The van der Waals surface area contributed by atoms with Crippen LogP contribution < -0.4 is 0 Å². The summed E-state index contributed by atoms with van der Waals surface area (Å²) in [5.74, 6) is -0.804. The van der Waals surface area contributed by atoms with E-state index in [1.54, 1.807) is 49.0 Å². The van der Waals surface area contributed by atoms with Gasteiger partial charge in [0.25, 0.3) is 5.70 Å². The Balaban J connectivity index is 2.48. The molecule has 0 aliphatic carbocycles. The van der Waals surface area contributed by atoms with Gasteiger partial charge in [0.05, 0.1) is 23.5 Å².